The number of benzene rings is 1. The van der Waals surface area contributed by atoms with Gasteiger partial charge in [0.05, 0.1) is 0 Å². The molecular weight excluding hydrogens is 214 g/mol. The van der Waals surface area contributed by atoms with Gasteiger partial charge >= 0.3 is 0 Å². The van der Waals surface area contributed by atoms with Gasteiger partial charge in [0, 0.05) is 25.6 Å². The minimum atomic E-state index is -0.129. The van der Waals surface area contributed by atoms with Gasteiger partial charge in [0.2, 0.25) is 5.91 Å². The van der Waals surface area contributed by atoms with Crippen LogP contribution in [0.25, 0.3) is 0 Å². The van der Waals surface area contributed by atoms with Gasteiger partial charge in [-0.15, -0.1) is 0 Å². The summed E-state index contributed by atoms with van der Waals surface area (Å²) >= 11 is 0. The molecule has 1 amide bonds. The molecule has 0 fully saturated rings. The third-order valence-corrected chi connectivity index (χ3v) is 2.41. The Morgan fingerprint density at radius 3 is 2.53 bits per heavy atom. The Balaban J connectivity index is 2.65. The molecule has 0 radical (unpaired) electrons. The number of rotatable bonds is 3. The van der Waals surface area contributed by atoms with Gasteiger partial charge in [-0.25, -0.2) is 0 Å². The van der Waals surface area contributed by atoms with E-state index in [1.54, 1.807) is 11.9 Å². The van der Waals surface area contributed by atoms with Crippen LogP contribution in [0.15, 0.2) is 24.3 Å². The Bertz CT molecular complexity index is 426. The topological polar surface area (TPSA) is 40.5 Å². The van der Waals surface area contributed by atoms with Gasteiger partial charge in [0.25, 0.3) is 0 Å². The van der Waals surface area contributed by atoms with Crippen LogP contribution in [0, 0.1) is 11.8 Å². The minimum Gasteiger partial charge on any atom is -0.384 e. The maximum Gasteiger partial charge on any atom is 0.222 e. The monoisotopic (exact) mass is 231 g/mol. The van der Waals surface area contributed by atoms with Gasteiger partial charge in [-0.05, 0) is 17.7 Å². The van der Waals surface area contributed by atoms with Crippen molar-refractivity contribution in [2.24, 2.45) is 0 Å². The molecule has 3 heteroatoms. The first kappa shape index (κ1) is 13.3. The first-order chi connectivity index (χ1) is 8.17. The summed E-state index contributed by atoms with van der Waals surface area (Å²) < 4.78 is 0. The Kier molecular flexibility index (Phi) is 5.25. The highest BCUT2D eigenvalue weighted by atomic mass is 16.2. The highest BCUT2D eigenvalue weighted by Crippen LogP contribution is 2.06. The molecule has 1 rings (SSSR count). The zero-order chi connectivity index (χ0) is 12.7. The number of hydrogen-bond acceptors (Lipinski definition) is 2. The van der Waals surface area contributed by atoms with Crippen LogP contribution in [0.3, 0.4) is 0 Å². The molecule has 1 N–H and O–H groups in total. The molecule has 0 saturated heterocycles. The van der Waals surface area contributed by atoms with E-state index in [4.69, 9.17) is 5.11 Å². The Hall–Kier alpha value is -1.79. The van der Waals surface area contributed by atoms with Gasteiger partial charge in [-0.2, -0.15) is 0 Å². The van der Waals surface area contributed by atoms with E-state index < -0.39 is 0 Å². The second kappa shape index (κ2) is 6.72. The average molecular weight is 231 g/mol. The van der Waals surface area contributed by atoms with Crippen molar-refractivity contribution in [1.29, 1.82) is 0 Å². The predicted octanol–water partition coefficient (Wildman–Crippen LogP) is 1.40. The third kappa shape index (κ3) is 4.29. The zero-order valence-electron chi connectivity index (χ0n) is 10.2. The summed E-state index contributed by atoms with van der Waals surface area (Å²) in [4.78, 5) is 13.1. The molecule has 0 aliphatic rings. The third-order valence-electron chi connectivity index (χ3n) is 2.41. The van der Waals surface area contributed by atoms with E-state index in [-0.39, 0.29) is 12.5 Å². The lowest BCUT2D eigenvalue weighted by molar-refractivity contribution is -0.130. The summed E-state index contributed by atoms with van der Waals surface area (Å²) in [6.07, 6.45) is 0.524. The van der Waals surface area contributed by atoms with Gasteiger partial charge in [0.15, 0.2) is 0 Å². The molecule has 0 bridgehead atoms. The molecule has 17 heavy (non-hydrogen) atoms. The van der Waals surface area contributed by atoms with Crippen molar-refractivity contribution >= 4 is 5.91 Å². The van der Waals surface area contributed by atoms with E-state index in [9.17, 15) is 4.79 Å². The Labute approximate surface area is 102 Å². The molecule has 0 aliphatic carbocycles. The Morgan fingerprint density at radius 2 is 2.00 bits per heavy atom. The number of carbonyl (C=O) groups excluding carboxylic acids is 1. The highest BCUT2D eigenvalue weighted by molar-refractivity contribution is 5.75. The molecule has 0 unspecified atom stereocenters. The summed E-state index contributed by atoms with van der Waals surface area (Å²) in [7, 11) is 1.80. The summed E-state index contributed by atoms with van der Waals surface area (Å²) in [5.74, 6) is 5.55. The molecule has 1 aromatic carbocycles. The first-order valence-corrected chi connectivity index (χ1v) is 5.60. The van der Waals surface area contributed by atoms with E-state index in [0.29, 0.717) is 13.0 Å². The van der Waals surface area contributed by atoms with Crippen LogP contribution in [-0.4, -0.2) is 29.6 Å². The van der Waals surface area contributed by atoms with E-state index in [0.717, 1.165) is 11.1 Å². The number of aliphatic hydroxyl groups excluding tert-OH is 1. The Morgan fingerprint density at radius 1 is 1.35 bits per heavy atom. The van der Waals surface area contributed by atoms with Crippen molar-refractivity contribution in [3.8, 4) is 11.8 Å². The second-order valence-corrected chi connectivity index (χ2v) is 3.76. The summed E-state index contributed by atoms with van der Waals surface area (Å²) in [6, 6.07) is 7.67. The maximum atomic E-state index is 11.4. The molecule has 0 aromatic heterocycles. The maximum absolute atomic E-state index is 11.4. The van der Waals surface area contributed by atoms with Crippen LogP contribution in [0.2, 0.25) is 0 Å². The fourth-order valence-corrected chi connectivity index (χ4v) is 1.47. The molecule has 1 aromatic rings. The van der Waals surface area contributed by atoms with Crippen molar-refractivity contribution in [3.63, 3.8) is 0 Å². The molecule has 0 aliphatic heterocycles. The summed E-state index contributed by atoms with van der Waals surface area (Å²) in [5.41, 5.74) is 1.94. The number of amides is 1. The molecule has 0 atom stereocenters. The van der Waals surface area contributed by atoms with E-state index in [1.807, 2.05) is 31.2 Å². The van der Waals surface area contributed by atoms with Crippen LogP contribution in [0.5, 0.6) is 0 Å². The lowest BCUT2D eigenvalue weighted by atomic mass is 10.1. The van der Waals surface area contributed by atoms with Crippen molar-refractivity contribution in [1.82, 2.24) is 4.90 Å². The van der Waals surface area contributed by atoms with Crippen LogP contribution in [0.1, 0.15) is 24.5 Å². The first-order valence-electron chi connectivity index (χ1n) is 5.60. The fourth-order valence-electron chi connectivity index (χ4n) is 1.47. The van der Waals surface area contributed by atoms with Crippen molar-refractivity contribution < 1.29 is 9.90 Å². The SMILES string of the molecule is CCC(=O)N(C)Cc1ccc(C#CCO)cc1. The van der Waals surface area contributed by atoms with Gasteiger partial charge in [-0.1, -0.05) is 30.9 Å². The van der Waals surface area contributed by atoms with Crippen molar-refractivity contribution in [2.75, 3.05) is 13.7 Å². The molecule has 0 spiro atoms. The van der Waals surface area contributed by atoms with E-state index in [1.165, 1.54) is 0 Å². The number of aliphatic hydroxyl groups is 1. The quantitative estimate of drug-likeness (QED) is 0.799. The molecule has 0 saturated carbocycles. The van der Waals surface area contributed by atoms with Crippen LogP contribution in [0.4, 0.5) is 0 Å². The van der Waals surface area contributed by atoms with Gasteiger partial charge < -0.3 is 10.0 Å². The molecular formula is C14H17NO2. The van der Waals surface area contributed by atoms with Crippen LogP contribution < -0.4 is 0 Å². The molecule has 3 nitrogen and oxygen atoms in total. The fraction of sp³-hybridized carbons (Fsp3) is 0.357. The normalized spacial score (nSPS) is 9.35. The summed E-state index contributed by atoms with van der Waals surface area (Å²) in [6.45, 7) is 2.34. The largest absolute Gasteiger partial charge is 0.384 e. The van der Waals surface area contributed by atoms with Gasteiger partial charge in [-0.3, -0.25) is 4.79 Å². The standard InChI is InChI=1S/C14H17NO2/c1-3-14(17)15(2)11-13-8-6-12(7-9-13)5-4-10-16/h6-9,16H,3,10-11H2,1-2H3. The number of hydrogen-bond donors (Lipinski definition) is 1. The highest BCUT2D eigenvalue weighted by Gasteiger charge is 2.05. The smallest absolute Gasteiger partial charge is 0.222 e. The van der Waals surface area contributed by atoms with E-state index >= 15 is 0 Å². The molecule has 0 heterocycles. The molecule has 90 valence electrons. The lowest BCUT2D eigenvalue weighted by Crippen LogP contribution is -2.25. The van der Waals surface area contributed by atoms with Crippen LogP contribution >= 0.6 is 0 Å². The van der Waals surface area contributed by atoms with Gasteiger partial charge in [0.1, 0.15) is 6.61 Å². The summed E-state index contributed by atoms with van der Waals surface area (Å²) in [5, 5.41) is 8.57. The number of carbonyl (C=O) groups is 1. The van der Waals surface area contributed by atoms with Crippen LogP contribution in [-0.2, 0) is 11.3 Å². The second-order valence-electron chi connectivity index (χ2n) is 3.76. The van der Waals surface area contributed by atoms with Crippen molar-refractivity contribution in [2.45, 2.75) is 19.9 Å². The van der Waals surface area contributed by atoms with E-state index in [2.05, 4.69) is 11.8 Å². The van der Waals surface area contributed by atoms with Crippen molar-refractivity contribution in [3.05, 3.63) is 35.4 Å². The zero-order valence-corrected chi connectivity index (χ0v) is 10.2. The predicted molar refractivity (Wildman–Crippen MR) is 67.2 cm³/mol. The average Bonchev–Trinajstić information content (AvgIpc) is 2.37. The minimum absolute atomic E-state index is 0.129. The lowest BCUT2D eigenvalue weighted by Gasteiger charge is -2.16. The number of nitrogens with zero attached hydrogens (tertiary/aromatic N) is 1.